The molecule has 7 nitrogen and oxygen atoms in total. The molecule has 0 bridgehead atoms. The number of piperazine rings is 1. The molecule has 152 valence electrons. The molecule has 2 unspecified atom stereocenters. The van der Waals surface area contributed by atoms with Crippen molar-refractivity contribution < 1.29 is 17.6 Å². The molecule has 2 aliphatic rings. The number of sulfone groups is 1. The lowest BCUT2D eigenvalue weighted by Gasteiger charge is -2.37. The molecule has 0 radical (unpaired) electrons. The van der Waals surface area contributed by atoms with Crippen LogP contribution in [0.2, 0.25) is 0 Å². The second kappa shape index (κ2) is 7.85. The Morgan fingerprint density at radius 1 is 1.25 bits per heavy atom. The lowest BCUT2D eigenvalue weighted by molar-refractivity contribution is -0.123. The molecule has 2 saturated heterocycles. The molecule has 1 aromatic carbocycles. The Hall–Kier alpha value is -1.90. The molecule has 1 aromatic heterocycles. The summed E-state index contributed by atoms with van der Waals surface area (Å²) in [4.78, 5) is 16.8. The maximum Gasteiger partial charge on any atom is 0.234 e. The number of carbonyl (C=O) groups is 1. The van der Waals surface area contributed by atoms with Gasteiger partial charge in [0.05, 0.1) is 24.1 Å². The van der Waals surface area contributed by atoms with Crippen molar-refractivity contribution in [2.24, 2.45) is 0 Å². The summed E-state index contributed by atoms with van der Waals surface area (Å²) in [5.74, 6) is 1.31. The van der Waals surface area contributed by atoms with E-state index in [2.05, 4.69) is 15.1 Å². The topological polar surface area (TPSA) is 82.9 Å². The van der Waals surface area contributed by atoms with Crippen LogP contribution in [0.5, 0.6) is 0 Å². The average molecular weight is 406 g/mol. The summed E-state index contributed by atoms with van der Waals surface area (Å²) in [6.07, 6.45) is 0.734. The highest BCUT2D eigenvalue weighted by molar-refractivity contribution is 7.91. The van der Waals surface area contributed by atoms with Crippen molar-refractivity contribution in [2.45, 2.75) is 25.4 Å². The molecule has 0 aliphatic carbocycles. The number of rotatable bonds is 5. The van der Waals surface area contributed by atoms with E-state index >= 15 is 0 Å². The molecule has 2 fully saturated rings. The van der Waals surface area contributed by atoms with E-state index in [1.54, 1.807) is 0 Å². The third-order valence-corrected chi connectivity index (χ3v) is 7.50. The van der Waals surface area contributed by atoms with Crippen LogP contribution in [-0.4, -0.2) is 74.4 Å². The first kappa shape index (κ1) is 19.4. The number of furan rings is 1. The lowest BCUT2D eigenvalue weighted by atomic mass is 10.2. The predicted molar refractivity (Wildman–Crippen MR) is 108 cm³/mol. The molecule has 0 spiro atoms. The SMILES string of the molecule is CC(NC(=O)CN1CCN(C2CCS(=O)(=O)C2)CC1)c1cc2ccccc2o1. The fourth-order valence-corrected chi connectivity index (χ4v) is 5.89. The van der Waals surface area contributed by atoms with Crippen LogP contribution in [0.3, 0.4) is 0 Å². The van der Waals surface area contributed by atoms with E-state index in [0.717, 1.165) is 49.3 Å². The Balaban J connectivity index is 1.25. The van der Waals surface area contributed by atoms with Crippen LogP contribution in [0.1, 0.15) is 25.1 Å². The van der Waals surface area contributed by atoms with E-state index in [-0.39, 0.29) is 23.7 Å². The largest absolute Gasteiger partial charge is 0.459 e. The molecular weight excluding hydrogens is 378 g/mol. The molecule has 2 aliphatic heterocycles. The van der Waals surface area contributed by atoms with E-state index < -0.39 is 9.84 Å². The van der Waals surface area contributed by atoms with Gasteiger partial charge in [0.15, 0.2) is 9.84 Å². The molecule has 28 heavy (non-hydrogen) atoms. The minimum absolute atomic E-state index is 0.0233. The quantitative estimate of drug-likeness (QED) is 0.810. The van der Waals surface area contributed by atoms with Gasteiger partial charge in [-0.25, -0.2) is 8.42 Å². The summed E-state index contributed by atoms with van der Waals surface area (Å²) in [7, 11) is -2.86. The smallest absolute Gasteiger partial charge is 0.234 e. The van der Waals surface area contributed by atoms with Crippen LogP contribution in [0.15, 0.2) is 34.7 Å². The molecule has 3 heterocycles. The Kier molecular flexibility index (Phi) is 5.44. The fraction of sp³-hybridized carbons (Fsp3) is 0.550. The Morgan fingerprint density at radius 2 is 2.00 bits per heavy atom. The van der Waals surface area contributed by atoms with Gasteiger partial charge in [-0.1, -0.05) is 18.2 Å². The van der Waals surface area contributed by atoms with Gasteiger partial charge in [-0.15, -0.1) is 0 Å². The van der Waals surface area contributed by atoms with E-state index in [1.807, 2.05) is 37.3 Å². The predicted octanol–water partition coefficient (Wildman–Crippen LogP) is 1.41. The third kappa shape index (κ3) is 4.39. The number of nitrogens with zero attached hydrogens (tertiary/aromatic N) is 2. The third-order valence-electron chi connectivity index (χ3n) is 5.75. The minimum atomic E-state index is -2.86. The number of benzene rings is 1. The van der Waals surface area contributed by atoms with E-state index in [0.29, 0.717) is 12.3 Å². The Bertz CT molecular complexity index is 914. The average Bonchev–Trinajstić information content (AvgIpc) is 3.25. The van der Waals surface area contributed by atoms with Gasteiger partial charge in [0.2, 0.25) is 5.91 Å². The van der Waals surface area contributed by atoms with E-state index in [4.69, 9.17) is 4.42 Å². The van der Waals surface area contributed by atoms with Gasteiger partial charge >= 0.3 is 0 Å². The summed E-state index contributed by atoms with van der Waals surface area (Å²) in [5, 5.41) is 4.05. The van der Waals surface area contributed by atoms with Crippen LogP contribution in [0.25, 0.3) is 11.0 Å². The van der Waals surface area contributed by atoms with Gasteiger partial charge in [0.1, 0.15) is 11.3 Å². The maximum absolute atomic E-state index is 12.4. The van der Waals surface area contributed by atoms with Crippen molar-refractivity contribution in [3.05, 3.63) is 36.1 Å². The van der Waals surface area contributed by atoms with Crippen molar-refractivity contribution in [3.8, 4) is 0 Å². The maximum atomic E-state index is 12.4. The monoisotopic (exact) mass is 405 g/mol. The van der Waals surface area contributed by atoms with Crippen LogP contribution < -0.4 is 5.32 Å². The minimum Gasteiger partial charge on any atom is -0.459 e. The number of para-hydroxylation sites is 1. The molecule has 2 atom stereocenters. The molecule has 1 N–H and O–H groups in total. The van der Waals surface area contributed by atoms with Gasteiger partial charge in [-0.3, -0.25) is 14.6 Å². The van der Waals surface area contributed by atoms with Gasteiger partial charge in [-0.05, 0) is 25.5 Å². The molecule has 1 amide bonds. The van der Waals surface area contributed by atoms with Gasteiger partial charge in [0, 0.05) is 37.6 Å². The standard InChI is InChI=1S/C20H27N3O4S/c1-15(19-12-16-4-2-3-5-18(16)27-19)21-20(24)13-22-7-9-23(10-8-22)17-6-11-28(25,26)14-17/h2-5,12,15,17H,6-11,13-14H2,1H3,(H,21,24). The number of hydrogen-bond donors (Lipinski definition) is 1. The zero-order valence-electron chi connectivity index (χ0n) is 16.1. The number of amides is 1. The van der Waals surface area contributed by atoms with Crippen molar-refractivity contribution in [1.29, 1.82) is 0 Å². The Labute approximate surface area is 165 Å². The van der Waals surface area contributed by atoms with E-state index in [9.17, 15) is 13.2 Å². The summed E-state index contributed by atoms with van der Waals surface area (Å²) >= 11 is 0. The van der Waals surface area contributed by atoms with Crippen molar-refractivity contribution in [2.75, 3.05) is 44.2 Å². The highest BCUT2D eigenvalue weighted by Gasteiger charge is 2.33. The first-order chi connectivity index (χ1) is 13.4. The fourth-order valence-electron chi connectivity index (χ4n) is 4.13. The van der Waals surface area contributed by atoms with Crippen molar-refractivity contribution in [3.63, 3.8) is 0 Å². The molecule has 0 saturated carbocycles. The van der Waals surface area contributed by atoms with Crippen LogP contribution in [0, 0.1) is 0 Å². The number of hydrogen-bond acceptors (Lipinski definition) is 6. The lowest BCUT2D eigenvalue weighted by Crippen LogP contribution is -2.52. The van der Waals surface area contributed by atoms with Gasteiger partial charge in [-0.2, -0.15) is 0 Å². The zero-order valence-corrected chi connectivity index (χ0v) is 17.0. The normalized spacial score (nSPS) is 24.4. The second-order valence-electron chi connectivity index (χ2n) is 7.84. The molecule has 4 rings (SSSR count). The summed E-state index contributed by atoms with van der Waals surface area (Å²) < 4.78 is 29.2. The van der Waals surface area contributed by atoms with Crippen LogP contribution in [0.4, 0.5) is 0 Å². The summed E-state index contributed by atoms with van der Waals surface area (Å²) in [6, 6.07) is 9.73. The second-order valence-corrected chi connectivity index (χ2v) is 10.1. The number of fused-ring (bicyclic) bond motifs is 1. The highest BCUT2D eigenvalue weighted by Crippen LogP contribution is 2.23. The van der Waals surface area contributed by atoms with Crippen LogP contribution in [-0.2, 0) is 14.6 Å². The zero-order chi connectivity index (χ0) is 19.7. The first-order valence-electron chi connectivity index (χ1n) is 9.84. The van der Waals surface area contributed by atoms with E-state index in [1.165, 1.54) is 0 Å². The molecule has 8 heteroatoms. The van der Waals surface area contributed by atoms with Gasteiger partial charge in [0.25, 0.3) is 0 Å². The van der Waals surface area contributed by atoms with Crippen molar-refractivity contribution in [1.82, 2.24) is 15.1 Å². The highest BCUT2D eigenvalue weighted by atomic mass is 32.2. The van der Waals surface area contributed by atoms with Crippen LogP contribution >= 0.6 is 0 Å². The summed E-state index contributed by atoms with van der Waals surface area (Å²) in [6.45, 7) is 5.46. The first-order valence-corrected chi connectivity index (χ1v) is 11.7. The van der Waals surface area contributed by atoms with Gasteiger partial charge < -0.3 is 9.73 Å². The Morgan fingerprint density at radius 3 is 2.68 bits per heavy atom. The molecule has 2 aromatic rings. The number of nitrogens with one attached hydrogen (secondary N) is 1. The summed E-state index contributed by atoms with van der Waals surface area (Å²) in [5.41, 5.74) is 0.823. The number of carbonyl (C=O) groups excluding carboxylic acids is 1. The van der Waals surface area contributed by atoms with Crippen molar-refractivity contribution >= 4 is 26.7 Å². The molecular formula is C20H27N3O4S.